The fourth-order valence-electron chi connectivity index (χ4n) is 6.02. The first-order chi connectivity index (χ1) is 18.4. The van der Waals surface area contributed by atoms with E-state index in [1.54, 1.807) is 6.07 Å². The zero-order valence-electron chi connectivity index (χ0n) is 22.7. The zero-order chi connectivity index (χ0) is 26.3. The molecule has 2 fully saturated rings. The normalized spacial score (nSPS) is 17.9. The molecule has 3 aromatic heterocycles. The molecule has 1 aromatic carbocycles. The molecule has 198 valence electrons. The molecule has 4 aromatic rings. The Kier molecular flexibility index (Phi) is 6.43. The number of benzene rings is 1. The van der Waals surface area contributed by atoms with Crippen LogP contribution in [-0.2, 0) is 0 Å². The van der Waals surface area contributed by atoms with Crippen LogP contribution in [0.5, 0.6) is 0 Å². The molecule has 0 saturated carbocycles. The summed E-state index contributed by atoms with van der Waals surface area (Å²) in [7, 11) is 2.25. The SMILES string of the molecule is CC(C)c1cc2cnc(Nc3ccc(N4CCC5(CCN(C)CC5)CC4)cc3)nc2n1-c1cccc(N)n1. The molecular weight excluding hydrogens is 472 g/mol. The number of nitrogens with zero attached hydrogens (tertiary/aromatic N) is 6. The minimum absolute atomic E-state index is 0.292. The summed E-state index contributed by atoms with van der Waals surface area (Å²) in [6.07, 6.45) is 7.17. The number of aromatic nitrogens is 4. The van der Waals surface area contributed by atoms with Gasteiger partial charge in [0.2, 0.25) is 5.95 Å². The number of piperidine rings is 2. The second-order valence-corrected chi connectivity index (χ2v) is 11.4. The highest BCUT2D eigenvalue weighted by atomic mass is 15.2. The van der Waals surface area contributed by atoms with Gasteiger partial charge in [-0.15, -0.1) is 0 Å². The molecule has 2 saturated heterocycles. The molecule has 0 atom stereocenters. The topological polar surface area (TPSA) is 88.1 Å². The van der Waals surface area contributed by atoms with Gasteiger partial charge in [0.25, 0.3) is 0 Å². The summed E-state index contributed by atoms with van der Waals surface area (Å²) in [5, 5.41) is 4.38. The maximum absolute atomic E-state index is 6.00. The van der Waals surface area contributed by atoms with E-state index in [1.807, 2.05) is 18.3 Å². The Labute approximate surface area is 224 Å². The highest BCUT2D eigenvalue weighted by Gasteiger charge is 2.36. The summed E-state index contributed by atoms with van der Waals surface area (Å²) in [6, 6.07) is 16.5. The van der Waals surface area contributed by atoms with Crippen LogP contribution >= 0.6 is 0 Å². The monoisotopic (exact) mass is 510 g/mol. The molecule has 2 aliphatic rings. The lowest BCUT2D eigenvalue weighted by molar-refractivity contribution is 0.0945. The van der Waals surface area contributed by atoms with E-state index in [0.717, 1.165) is 41.3 Å². The molecule has 0 amide bonds. The summed E-state index contributed by atoms with van der Waals surface area (Å²) in [6.45, 7) is 9.11. The van der Waals surface area contributed by atoms with Gasteiger partial charge >= 0.3 is 0 Å². The van der Waals surface area contributed by atoms with Crippen molar-refractivity contribution in [1.29, 1.82) is 0 Å². The fraction of sp³-hybridized carbons (Fsp3) is 0.433. The average molecular weight is 511 g/mol. The van der Waals surface area contributed by atoms with Gasteiger partial charge in [-0.1, -0.05) is 19.9 Å². The number of anilines is 4. The van der Waals surface area contributed by atoms with Gasteiger partial charge in [0.05, 0.1) is 0 Å². The second-order valence-electron chi connectivity index (χ2n) is 11.4. The number of rotatable bonds is 5. The van der Waals surface area contributed by atoms with Crippen LogP contribution < -0.4 is 16.0 Å². The number of fused-ring (bicyclic) bond motifs is 1. The smallest absolute Gasteiger partial charge is 0.229 e. The van der Waals surface area contributed by atoms with Crippen molar-refractivity contribution in [3.8, 4) is 5.82 Å². The predicted octanol–water partition coefficient (Wildman–Crippen LogP) is 5.58. The van der Waals surface area contributed by atoms with Gasteiger partial charge in [-0.3, -0.25) is 4.57 Å². The van der Waals surface area contributed by atoms with E-state index in [4.69, 9.17) is 10.7 Å². The highest BCUT2D eigenvalue weighted by Crippen LogP contribution is 2.42. The van der Waals surface area contributed by atoms with Gasteiger partial charge in [-0.2, -0.15) is 4.98 Å². The van der Waals surface area contributed by atoms with Gasteiger partial charge in [-0.05, 0) is 99.6 Å². The molecule has 38 heavy (non-hydrogen) atoms. The Morgan fingerprint density at radius 1 is 0.921 bits per heavy atom. The van der Waals surface area contributed by atoms with Crippen molar-refractivity contribution in [2.75, 3.05) is 49.2 Å². The van der Waals surface area contributed by atoms with Crippen LogP contribution in [0.25, 0.3) is 16.9 Å². The lowest BCUT2D eigenvalue weighted by atomic mass is 9.71. The predicted molar refractivity (Wildman–Crippen MR) is 155 cm³/mol. The summed E-state index contributed by atoms with van der Waals surface area (Å²) in [4.78, 5) is 19.1. The van der Waals surface area contributed by atoms with Crippen LogP contribution in [0.1, 0.15) is 51.1 Å². The lowest BCUT2D eigenvalue weighted by Gasteiger charge is -2.46. The molecule has 8 nitrogen and oxygen atoms in total. The number of pyridine rings is 1. The van der Waals surface area contributed by atoms with Gasteiger partial charge in [0.1, 0.15) is 11.6 Å². The number of nitrogen functional groups attached to an aromatic ring is 1. The van der Waals surface area contributed by atoms with Crippen molar-refractivity contribution in [2.24, 2.45) is 5.41 Å². The van der Waals surface area contributed by atoms with E-state index >= 15 is 0 Å². The molecule has 0 unspecified atom stereocenters. The van der Waals surface area contributed by atoms with E-state index in [0.29, 0.717) is 23.1 Å². The fourth-order valence-corrected chi connectivity index (χ4v) is 6.02. The molecule has 1 spiro atoms. The Morgan fingerprint density at radius 3 is 2.32 bits per heavy atom. The Morgan fingerprint density at radius 2 is 1.63 bits per heavy atom. The standard InChI is InChI=1S/C30H38N8/c1-21(2)25-19-22-20-32-29(35-28(22)38(25)27-6-4-5-26(31)34-27)33-23-7-9-24(10-8-23)37-17-13-30(14-18-37)11-15-36(3)16-12-30/h4-10,19-21H,11-18H2,1-3H3,(H2,31,34)(H,32,33,35). The molecule has 3 N–H and O–H groups in total. The number of hydrogen-bond acceptors (Lipinski definition) is 7. The first-order valence-corrected chi connectivity index (χ1v) is 13.8. The lowest BCUT2D eigenvalue weighted by Crippen LogP contribution is -2.46. The Hall–Kier alpha value is -3.65. The molecular formula is C30H38N8. The number of nitrogens with one attached hydrogen (secondary N) is 1. The van der Waals surface area contributed by atoms with Crippen LogP contribution in [0, 0.1) is 5.41 Å². The number of likely N-dealkylation sites (tertiary alicyclic amines) is 1. The van der Waals surface area contributed by atoms with Gasteiger partial charge in [0, 0.05) is 41.7 Å². The first-order valence-electron chi connectivity index (χ1n) is 13.8. The third kappa shape index (κ3) is 4.80. The minimum Gasteiger partial charge on any atom is -0.384 e. The van der Waals surface area contributed by atoms with Crippen molar-refractivity contribution in [3.63, 3.8) is 0 Å². The van der Waals surface area contributed by atoms with E-state index in [-0.39, 0.29) is 0 Å². The maximum Gasteiger partial charge on any atom is 0.229 e. The summed E-state index contributed by atoms with van der Waals surface area (Å²) >= 11 is 0. The van der Waals surface area contributed by atoms with E-state index in [2.05, 4.69) is 80.9 Å². The largest absolute Gasteiger partial charge is 0.384 e. The summed E-state index contributed by atoms with van der Waals surface area (Å²) in [5.41, 5.74) is 10.8. The van der Waals surface area contributed by atoms with Gasteiger partial charge in [-0.25, -0.2) is 9.97 Å². The molecule has 0 radical (unpaired) electrons. The first kappa shape index (κ1) is 24.7. The molecule has 8 heteroatoms. The van der Waals surface area contributed by atoms with Crippen molar-refractivity contribution in [3.05, 3.63) is 60.4 Å². The van der Waals surface area contributed by atoms with Crippen LogP contribution in [0.4, 0.5) is 23.1 Å². The third-order valence-electron chi connectivity index (χ3n) is 8.51. The van der Waals surface area contributed by atoms with E-state index < -0.39 is 0 Å². The molecule has 2 aliphatic heterocycles. The quantitative estimate of drug-likeness (QED) is 0.362. The van der Waals surface area contributed by atoms with Crippen molar-refractivity contribution >= 4 is 34.2 Å². The maximum atomic E-state index is 6.00. The Bertz CT molecular complexity index is 1410. The average Bonchev–Trinajstić information content (AvgIpc) is 3.31. The molecule has 5 heterocycles. The van der Waals surface area contributed by atoms with E-state index in [1.165, 1.54) is 44.5 Å². The van der Waals surface area contributed by atoms with E-state index in [9.17, 15) is 0 Å². The number of hydrogen-bond donors (Lipinski definition) is 2. The second kappa shape index (κ2) is 9.91. The molecule has 0 aliphatic carbocycles. The third-order valence-corrected chi connectivity index (χ3v) is 8.51. The van der Waals surface area contributed by atoms with Gasteiger partial charge < -0.3 is 20.9 Å². The number of nitrogens with two attached hydrogens (primary N) is 1. The molecule has 6 rings (SSSR count). The Balaban J connectivity index is 1.19. The van der Waals surface area contributed by atoms with Crippen molar-refractivity contribution < 1.29 is 0 Å². The van der Waals surface area contributed by atoms with Crippen LogP contribution in [0.15, 0.2) is 54.7 Å². The zero-order valence-corrected chi connectivity index (χ0v) is 22.7. The van der Waals surface area contributed by atoms with Crippen LogP contribution in [0.2, 0.25) is 0 Å². The summed E-state index contributed by atoms with van der Waals surface area (Å²) < 4.78 is 2.08. The summed E-state index contributed by atoms with van der Waals surface area (Å²) in [5.74, 6) is 2.11. The molecule has 0 bridgehead atoms. The van der Waals surface area contributed by atoms with Crippen LogP contribution in [-0.4, -0.2) is 57.6 Å². The minimum atomic E-state index is 0.292. The highest BCUT2D eigenvalue weighted by molar-refractivity contribution is 5.80. The van der Waals surface area contributed by atoms with Crippen molar-refractivity contribution in [2.45, 2.75) is 45.4 Å². The van der Waals surface area contributed by atoms with Crippen molar-refractivity contribution in [1.82, 2.24) is 24.4 Å². The van der Waals surface area contributed by atoms with Crippen LogP contribution in [0.3, 0.4) is 0 Å². The van der Waals surface area contributed by atoms with Gasteiger partial charge in [0.15, 0.2) is 5.65 Å².